The minimum Gasteiger partial charge on any atom is -0.444 e. The van der Waals surface area contributed by atoms with Crippen LogP contribution in [-0.2, 0) is 4.74 Å². The highest BCUT2D eigenvalue weighted by atomic mass is 19.1. The molecule has 4 rings (SSSR count). The zero-order valence-corrected chi connectivity index (χ0v) is 18.6. The van der Waals surface area contributed by atoms with Crippen molar-refractivity contribution in [3.8, 4) is 0 Å². The zero-order chi connectivity index (χ0) is 23.5. The maximum atomic E-state index is 13.4. The molecule has 1 amide bonds. The van der Waals surface area contributed by atoms with Crippen LogP contribution in [0.4, 0.5) is 13.6 Å². The van der Waals surface area contributed by atoms with E-state index in [1.807, 2.05) is 0 Å². The molecule has 33 heavy (non-hydrogen) atoms. The minimum absolute atomic E-state index is 0.123. The van der Waals surface area contributed by atoms with E-state index in [1.165, 1.54) is 24.3 Å². The lowest BCUT2D eigenvalue weighted by atomic mass is 9.81. The summed E-state index contributed by atoms with van der Waals surface area (Å²) < 4.78 is 32.1. The van der Waals surface area contributed by atoms with Crippen LogP contribution in [0.25, 0.3) is 0 Å². The molecule has 0 spiro atoms. The molecule has 6 nitrogen and oxygen atoms in total. The van der Waals surface area contributed by atoms with Gasteiger partial charge in [-0.2, -0.15) is 0 Å². The van der Waals surface area contributed by atoms with Crippen molar-refractivity contribution in [3.63, 3.8) is 0 Å². The average molecular weight is 461 g/mol. The number of aliphatic hydroxyl groups excluding tert-OH is 2. The van der Waals surface area contributed by atoms with Crippen molar-refractivity contribution < 1.29 is 28.5 Å². The Hall–Kier alpha value is -2.55. The maximum Gasteiger partial charge on any atom is 0.409 e. The summed E-state index contributed by atoms with van der Waals surface area (Å²) in [5.74, 6) is -0.853. The van der Waals surface area contributed by atoms with E-state index in [2.05, 4.69) is 4.90 Å². The molecule has 8 heteroatoms. The van der Waals surface area contributed by atoms with Crippen LogP contribution < -0.4 is 0 Å². The number of carbonyl (C=O) groups excluding carboxylic acids is 1. The highest BCUT2D eigenvalue weighted by molar-refractivity contribution is 5.69. The van der Waals surface area contributed by atoms with Gasteiger partial charge in [0.15, 0.2) is 0 Å². The summed E-state index contributed by atoms with van der Waals surface area (Å²) in [5.41, 5.74) is 1.25. The van der Waals surface area contributed by atoms with Crippen molar-refractivity contribution in [1.82, 2.24) is 9.80 Å². The predicted octanol–water partition coefficient (Wildman–Crippen LogP) is 3.65. The topological polar surface area (TPSA) is 73.2 Å². The Labute approximate surface area is 192 Å². The molecule has 2 saturated heterocycles. The monoisotopic (exact) mass is 460 g/mol. The molecule has 0 saturated carbocycles. The van der Waals surface area contributed by atoms with E-state index in [9.17, 15) is 23.8 Å². The molecular weight excluding hydrogens is 430 g/mol. The molecule has 2 aliphatic heterocycles. The molecule has 178 valence electrons. The first kappa shape index (κ1) is 23.6. The summed E-state index contributed by atoms with van der Waals surface area (Å²) in [5, 5.41) is 22.2. The molecule has 0 radical (unpaired) electrons. The molecule has 2 aromatic carbocycles. The first-order valence-corrected chi connectivity index (χ1v) is 11.3. The average Bonchev–Trinajstić information content (AvgIpc) is 3.14. The van der Waals surface area contributed by atoms with Crippen LogP contribution in [0.3, 0.4) is 0 Å². The first-order valence-electron chi connectivity index (χ1n) is 11.3. The molecule has 2 aliphatic rings. The van der Waals surface area contributed by atoms with E-state index in [-0.39, 0.29) is 35.8 Å². The zero-order valence-electron chi connectivity index (χ0n) is 18.6. The number of amides is 1. The van der Waals surface area contributed by atoms with Crippen LogP contribution in [0.2, 0.25) is 0 Å². The SMILES string of the molecule is CN1CC(CCN2CCC(C(O)c3ccc(F)cc3)CC2C(O)c2ccc(F)cc2)OC1=O. The van der Waals surface area contributed by atoms with Crippen molar-refractivity contribution in [2.75, 3.05) is 26.7 Å². The number of rotatable bonds is 7. The van der Waals surface area contributed by atoms with E-state index in [1.54, 1.807) is 36.2 Å². The van der Waals surface area contributed by atoms with Crippen LogP contribution in [0.5, 0.6) is 0 Å². The van der Waals surface area contributed by atoms with Gasteiger partial charge in [-0.3, -0.25) is 4.90 Å². The molecular formula is C25H30F2N2O4. The third kappa shape index (κ3) is 5.51. The lowest BCUT2D eigenvalue weighted by Crippen LogP contribution is -2.48. The Balaban J connectivity index is 1.49. The van der Waals surface area contributed by atoms with Gasteiger partial charge in [-0.25, -0.2) is 13.6 Å². The molecule has 0 aliphatic carbocycles. The van der Waals surface area contributed by atoms with E-state index in [0.29, 0.717) is 50.0 Å². The Morgan fingerprint density at radius 3 is 2.12 bits per heavy atom. The number of likely N-dealkylation sites (N-methyl/N-ethyl adjacent to an activating group) is 1. The van der Waals surface area contributed by atoms with Crippen molar-refractivity contribution >= 4 is 6.09 Å². The Morgan fingerprint density at radius 1 is 1.00 bits per heavy atom. The summed E-state index contributed by atoms with van der Waals surface area (Å²) in [7, 11) is 1.70. The minimum atomic E-state index is -0.873. The number of hydrogen-bond acceptors (Lipinski definition) is 5. The van der Waals surface area contributed by atoms with Gasteiger partial charge in [0, 0.05) is 19.6 Å². The Bertz CT molecular complexity index is 940. The molecule has 0 aromatic heterocycles. The fraction of sp³-hybridized carbons (Fsp3) is 0.480. The molecule has 2 N–H and O–H groups in total. The van der Waals surface area contributed by atoms with E-state index in [0.717, 1.165) is 0 Å². The molecule has 2 fully saturated rings. The smallest absolute Gasteiger partial charge is 0.409 e. The van der Waals surface area contributed by atoms with Gasteiger partial charge in [0.25, 0.3) is 0 Å². The van der Waals surface area contributed by atoms with E-state index >= 15 is 0 Å². The fourth-order valence-electron chi connectivity index (χ4n) is 4.89. The molecule has 5 unspecified atom stereocenters. The number of halogens is 2. The fourth-order valence-corrected chi connectivity index (χ4v) is 4.89. The van der Waals surface area contributed by atoms with Crippen molar-refractivity contribution in [2.45, 2.75) is 43.6 Å². The van der Waals surface area contributed by atoms with Gasteiger partial charge >= 0.3 is 6.09 Å². The first-order chi connectivity index (χ1) is 15.8. The van der Waals surface area contributed by atoms with Gasteiger partial charge < -0.3 is 19.8 Å². The van der Waals surface area contributed by atoms with Gasteiger partial charge in [-0.05, 0) is 67.1 Å². The van der Waals surface area contributed by atoms with Gasteiger partial charge in [0.2, 0.25) is 0 Å². The van der Waals surface area contributed by atoms with E-state index in [4.69, 9.17) is 4.74 Å². The number of hydrogen-bond donors (Lipinski definition) is 2. The Kier molecular flexibility index (Phi) is 7.26. The molecule has 0 bridgehead atoms. The van der Waals surface area contributed by atoms with Crippen LogP contribution in [0.1, 0.15) is 42.6 Å². The van der Waals surface area contributed by atoms with Crippen LogP contribution in [-0.4, -0.2) is 64.9 Å². The predicted molar refractivity (Wildman–Crippen MR) is 118 cm³/mol. The summed E-state index contributed by atoms with van der Waals surface area (Å²) >= 11 is 0. The number of benzene rings is 2. The Morgan fingerprint density at radius 2 is 1.58 bits per heavy atom. The maximum absolute atomic E-state index is 13.4. The number of carbonyl (C=O) groups is 1. The highest BCUT2D eigenvalue weighted by Crippen LogP contribution is 2.38. The van der Waals surface area contributed by atoms with Gasteiger partial charge in [0.05, 0.1) is 18.8 Å². The number of cyclic esters (lactones) is 1. The van der Waals surface area contributed by atoms with Crippen LogP contribution >= 0.6 is 0 Å². The van der Waals surface area contributed by atoms with Gasteiger partial charge in [0.1, 0.15) is 17.7 Å². The van der Waals surface area contributed by atoms with Gasteiger partial charge in [-0.1, -0.05) is 24.3 Å². The quantitative estimate of drug-likeness (QED) is 0.660. The molecule has 5 atom stereocenters. The second-order valence-corrected chi connectivity index (χ2v) is 9.06. The summed E-state index contributed by atoms with van der Waals surface area (Å²) in [4.78, 5) is 15.4. The largest absolute Gasteiger partial charge is 0.444 e. The van der Waals surface area contributed by atoms with Crippen molar-refractivity contribution in [3.05, 3.63) is 71.3 Å². The van der Waals surface area contributed by atoms with Crippen LogP contribution in [0.15, 0.2) is 48.5 Å². The third-order valence-electron chi connectivity index (χ3n) is 6.83. The number of nitrogens with zero attached hydrogens (tertiary/aromatic N) is 2. The summed E-state index contributed by atoms with van der Waals surface area (Å²) in [6.45, 7) is 1.79. The second-order valence-electron chi connectivity index (χ2n) is 9.06. The molecule has 2 aromatic rings. The van der Waals surface area contributed by atoms with E-state index < -0.39 is 12.2 Å². The van der Waals surface area contributed by atoms with Crippen molar-refractivity contribution in [2.24, 2.45) is 5.92 Å². The third-order valence-corrected chi connectivity index (χ3v) is 6.83. The second kappa shape index (κ2) is 10.2. The molecule has 2 heterocycles. The number of ether oxygens (including phenoxy) is 1. The normalized spacial score (nSPS) is 25.7. The highest BCUT2D eigenvalue weighted by Gasteiger charge is 2.38. The summed E-state index contributed by atoms with van der Waals surface area (Å²) in [6, 6.07) is 11.3. The lowest BCUT2D eigenvalue weighted by Gasteiger charge is -2.43. The van der Waals surface area contributed by atoms with Crippen molar-refractivity contribution in [1.29, 1.82) is 0 Å². The van der Waals surface area contributed by atoms with Gasteiger partial charge in [-0.15, -0.1) is 0 Å². The van der Waals surface area contributed by atoms with Crippen LogP contribution in [0, 0.1) is 17.6 Å². The number of aliphatic hydroxyl groups is 2. The standard InChI is InChI=1S/C25H30F2N2O4/c1-28-15-21(33-25(28)32)11-13-29-12-10-18(23(30)16-2-6-19(26)7-3-16)14-22(29)24(31)17-4-8-20(27)9-5-17/h2-9,18,21-24,30-31H,10-15H2,1H3. The lowest BCUT2D eigenvalue weighted by molar-refractivity contribution is -0.0274. The summed E-state index contributed by atoms with van der Waals surface area (Å²) in [6.07, 6.45) is -0.328. The number of piperidine rings is 1. The number of likely N-dealkylation sites (tertiary alicyclic amines) is 1.